The maximum atomic E-state index is 12.2. The van der Waals surface area contributed by atoms with E-state index in [0.717, 1.165) is 0 Å². The lowest BCUT2D eigenvalue weighted by atomic mass is 10.2. The van der Waals surface area contributed by atoms with Crippen LogP contribution < -0.4 is 5.32 Å². The molecule has 0 aliphatic rings. The third kappa shape index (κ3) is 3.00. The number of hydrogen-bond acceptors (Lipinski definition) is 4. The SMILES string of the molecule is Cc1cc(C(=O)Nc2cc(Cl)cc(Cl)c2O)c(C)nn1. The van der Waals surface area contributed by atoms with Gasteiger partial charge in [0.25, 0.3) is 5.91 Å². The highest BCUT2D eigenvalue weighted by atomic mass is 35.5. The molecule has 104 valence electrons. The molecule has 0 saturated carbocycles. The Labute approximate surface area is 125 Å². The van der Waals surface area contributed by atoms with Crippen LogP contribution in [0.5, 0.6) is 5.75 Å². The van der Waals surface area contributed by atoms with E-state index in [0.29, 0.717) is 22.0 Å². The Kier molecular flexibility index (Phi) is 4.11. The van der Waals surface area contributed by atoms with Gasteiger partial charge in [-0.15, -0.1) is 0 Å². The largest absolute Gasteiger partial charge is 0.504 e. The van der Waals surface area contributed by atoms with Crippen molar-refractivity contribution in [3.63, 3.8) is 0 Å². The number of nitrogens with zero attached hydrogens (tertiary/aromatic N) is 2. The van der Waals surface area contributed by atoms with Gasteiger partial charge in [0.2, 0.25) is 0 Å². The molecule has 2 N–H and O–H groups in total. The van der Waals surface area contributed by atoms with E-state index < -0.39 is 5.91 Å². The number of hydrogen-bond donors (Lipinski definition) is 2. The van der Waals surface area contributed by atoms with Crippen molar-refractivity contribution < 1.29 is 9.90 Å². The van der Waals surface area contributed by atoms with Gasteiger partial charge < -0.3 is 10.4 Å². The molecule has 0 saturated heterocycles. The van der Waals surface area contributed by atoms with Crippen LogP contribution in [0.2, 0.25) is 10.0 Å². The van der Waals surface area contributed by atoms with Crippen molar-refractivity contribution in [1.82, 2.24) is 10.2 Å². The van der Waals surface area contributed by atoms with Crippen molar-refractivity contribution in [2.45, 2.75) is 13.8 Å². The number of anilines is 1. The van der Waals surface area contributed by atoms with Crippen LogP contribution in [-0.4, -0.2) is 21.2 Å². The minimum Gasteiger partial charge on any atom is -0.504 e. The van der Waals surface area contributed by atoms with Crippen LogP contribution in [0.1, 0.15) is 21.7 Å². The van der Waals surface area contributed by atoms with Crippen LogP contribution in [0.3, 0.4) is 0 Å². The summed E-state index contributed by atoms with van der Waals surface area (Å²) in [7, 11) is 0. The van der Waals surface area contributed by atoms with Crippen molar-refractivity contribution in [1.29, 1.82) is 0 Å². The highest BCUT2D eigenvalue weighted by molar-refractivity contribution is 6.36. The number of amides is 1. The van der Waals surface area contributed by atoms with E-state index >= 15 is 0 Å². The second-order valence-corrected chi connectivity index (χ2v) is 5.07. The number of phenols is 1. The molecule has 0 aliphatic carbocycles. The predicted molar refractivity (Wildman–Crippen MR) is 77.6 cm³/mol. The summed E-state index contributed by atoms with van der Waals surface area (Å²) in [6.45, 7) is 3.41. The second kappa shape index (κ2) is 5.64. The fourth-order valence-corrected chi connectivity index (χ4v) is 2.12. The highest BCUT2D eigenvalue weighted by Crippen LogP contribution is 2.35. The van der Waals surface area contributed by atoms with Gasteiger partial charge in [-0.05, 0) is 32.0 Å². The summed E-state index contributed by atoms with van der Waals surface area (Å²) < 4.78 is 0. The van der Waals surface area contributed by atoms with Gasteiger partial charge in [0.15, 0.2) is 5.75 Å². The van der Waals surface area contributed by atoms with Gasteiger partial charge >= 0.3 is 0 Å². The molecule has 1 aromatic carbocycles. The van der Waals surface area contributed by atoms with Gasteiger partial charge in [0.05, 0.1) is 27.7 Å². The van der Waals surface area contributed by atoms with Crippen molar-refractivity contribution >= 4 is 34.8 Å². The molecular weight excluding hydrogens is 301 g/mol. The number of nitrogens with one attached hydrogen (secondary N) is 1. The van der Waals surface area contributed by atoms with Crippen molar-refractivity contribution in [3.8, 4) is 5.75 Å². The van der Waals surface area contributed by atoms with Crippen molar-refractivity contribution in [3.05, 3.63) is 45.2 Å². The smallest absolute Gasteiger partial charge is 0.257 e. The van der Waals surface area contributed by atoms with E-state index in [-0.39, 0.29) is 16.5 Å². The summed E-state index contributed by atoms with van der Waals surface area (Å²) in [6, 6.07) is 4.41. The Balaban J connectivity index is 2.35. The lowest BCUT2D eigenvalue weighted by Crippen LogP contribution is -2.15. The molecule has 0 spiro atoms. The molecular formula is C13H11Cl2N3O2. The monoisotopic (exact) mass is 311 g/mol. The van der Waals surface area contributed by atoms with Crippen LogP contribution in [-0.2, 0) is 0 Å². The maximum absolute atomic E-state index is 12.2. The topological polar surface area (TPSA) is 75.1 Å². The van der Waals surface area contributed by atoms with Gasteiger partial charge in [-0.3, -0.25) is 4.79 Å². The lowest BCUT2D eigenvalue weighted by molar-refractivity contribution is 0.102. The Hall–Kier alpha value is -1.85. The molecule has 2 aromatic rings. The Morgan fingerprint density at radius 1 is 1.20 bits per heavy atom. The zero-order chi connectivity index (χ0) is 14.9. The molecule has 0 atom stereocenters. The third-order valence-electron chi connectivity index (χ3n) is 2.62. The summed E-state index contributed by atoms with van der Waals surface area (Å²) in [5, 5.41) is 20.5. The average molecular weight is 312 g/mol. The van der Waals surface area contributed by atoms with Gasteiger partial charge in [-0.1, -0.05) is 23.2 Å². The summed E-state index contributed by atoms with van der Waals surface area (Å²) in [5.41, 5.74) is 1.61. The van der Waals surface area contributed by atoms with Crippen LogP contribution in [0.25, 0.3) is 0 Å². The molecule has 20 heavy (non-hydrogen) atoms. The summed E-state index contributed by atoms with van der Waals surface area (Å²) in [5.74, 6) is -0.657. The molecule has 5 nitrogen and oxygen atoms in total. The number of carbonyl (C=O) groups excluding carboxylic acids is 1. The first-order valence-corrected chi connectivity index (χ1v) is 6.44. The zero-order valence-corrected chi connectivity index (χ0v) is 12.2. The number of halogens is 2. The summed E-state index contributed by atoms with van der Waals surface area (Å²) >= 11 is 11.6. The first-order valence-electron chi connectivity index (χ1n) is 5.68. The van der Waals surface area contributed by atoms with Crippen molar-refractivity contribution in [2.24, 2.45) is 0 Å². The minimum atomic E-state index is -0.422. The van der Waals surface area contributed by atoms with Gasteiger partial charge in [0, 0.05) is 5.02 Å². The fraction of sp³-hybridized carbons (Fsp3) is 0.154. The number of aryl methyl sites for hydroxylation is 2. The Morgan fingerprint density at radius 2 is 1.90 bits per heavy atom. The first kappa shape index (κ1) is 14.6. The highest BCUT2D eigenvalue weighted by Gasteiger charge is 2.15. The molecule has 0 fully saturated rings. The van der Waals surface area contributed by atoms with Crippen LogP contribution >= 0.6 is 23.2 Å². The number of rotatable bonds is 2. The van der Waals surface area contributed by atoms with Crippen LogP contribution in [0.15, 0.2) is 18.2 Å². The molecule has 1 heterocycles. The molecule has 0 unspecified atom stereocenters. The average Bonchev–Trinajstić information content (AvgIpc) is 2.38. The van der Waals surface area contributed by atoms with Crippen LogP contribution in [0.4, 0.5) is 5.69 Å². The van der Waals surface area contributed by atoms with Gasteiger partial charge in [0.1, 0.15) is 0 Å². The summed E-state index contributed by atoms with van der Waals surface area (Å²) in [4.78, 5) is 12.2. The fourth-order valence-electron chi connectivity index (χ4n) is 1.63. The summed E-state index contributed by atoms with van der Waals surface area (Å²) in [6.07, 6.45) is 0. The first-order chi connectivity index (χ1) is 9.38. The molecule has 1 amide bonds. The minimum absolute atomic E-state index is 0.0635. The quantitative estimate of drug-likeness (QED) is 0.834. The number of aromatic nitrogens is 2. The van der Waals surface area contributed by atoms with E-state index in [4.69, 9.17) is 23.2 Å². The molecule has 0 radical (unpaired) electrons. The number of phenolic OH excluding ortho intramolecular Hbond substituents is 1. The van der Waals surface area contributed by atoms with E-state index in [2.05, 4.69) is 15.5 Å². The van der Waals surface area contributed by atoms with E-state index in [1.165, 1.54) is 12.1 Å². The third-order valence-corrected chi connectivity index (χ3v) is 3.13. The molecule has 0 aliphatic heterocycles. The number of aromatic hydroxyl groups is 1. The molecule has 2 rings (SSSR count). The van der Waals surface area contributed by atoms with E-state index in [1.54, 1.807) is 19.9 Å². The molecule has 0 bridgehead atoms. The molecule has 7 heteroatoms. The van der Waals surface area contributed by atoms with E-state index in [1.807, 2.05) is 0 Å². The van der Waals surface area contributed by atoms with Crippen LogP contribution in [0, 0.1) is 13.8 Å². The lowest BCUT2D eigenvalue weighted by Gasteiger charge is -2.10. The maximum Gasteiger partial charge on any atom is 0.257 e. The normalized spacial score (nSPS) is 10.4. The number of carbonyl (C=O) groups is 1. The van der Waals surface area contributed by atoms with E-state index in [9.17, 15) is 9.90 Å². The van der Waals surface area contributed by atoms with Gasteiger partial charge in [-0.2, -0.15) is 10.2 Å². The number of benzene rings is 1. The molecule has 1 aromatic heterocycles. The Bertz CT molecular complexity index is 690. The van der Waals surface area contributed by atoms with Crippen molar-refractivity contribution in [2.75, 3.05) is 5.32 Å². The predicted octanol–water partition coefficient (Wildman–Crippen LogP) is 3.36. The Morgan fingerprint density at radius 3 is 2.60 bits per heavy atom. The second-order valence-electron chi connectivity index (χ2n) is 4.22. The van der Waals surface area contributed by atoms with Gasteiger partial charge in [-0.25, -0.2) is 0 Å². The zero-order valence-electron chi connectivity index (χ0n) is 10.7. The standard InChI is InChI=1S/C13H11Cl2N3O2/c1-6-3-9(7(2)18-17-6)13(20)16-11-5-8(14)4-10(15)12(11)19/h3-5,19H,1-2H3,(H,16,20).